The minimum absolute atomic E-state index is 0. The van der Waals surface area contributed by atoms with E-state index in [1.807, 2.05) is 13.8 Å². The second-order valence-corrected chi connectivity index (χ2v) is 8.68. The number of rotatable bonds is 8. The van der Waals surface area contributed by atoms with Crippen LogP contribution in [0.15, 0.2) is 29.2 Å². The van der Waals surface area contributed by atoms with Gasteiger partial charge in [0.1, 0.15) is 0 Å². The molecule has 0 unspecified atom stereocenters. The van der Waals surface area contributed by atoms with Gasteiger partial charge in [-0.2, -0.15) is 4.31 Å². The first-order valence-electron chi connectivity index (χ1n) is 7.55. The lowest BCUT2D eigenvalue weighted by atomic mass is 9.93. The maximum Gasteiger partial charge on any atom is 0.270 e. The highest BCUT2D eigenvalue weighted by atomic mass is 35.5. The zero-order valence-corrected chi connectivity index (χ0v) is 16.8. The molecule has 0 aromatic heterocycles. The fraction of sp³-hybridized carbons (Fsp3) is 0.533. The number of likely N-dealkylation sites (N-methyl/N-ethyl adjacent to an activating group) is 2. The van der Waals surface area contributed by atoms with Gasteiger partial charge in [-0.1, -0.05) is 19.9 Å². The molecule has 0 aliphatic rings. The van der Waals surface area contributed by atoms with E-state index in [1.54, 1.807) is 7.05 Å². The second kappa shape index (κ2) is 9.26. The van der Waals surface area contributed by atoms with Gasteiger partial charge in [0.05, 0.1) is 16.4 Å². The Labute approximate surface area is 159 Å². The van der Waals surface area contributed by atoms with Crippen LogP contribution in [0.2, 0.25) is 0 Å². The fourth-order valence-corrected chi connectivity index (χ4v) is 3.29. The molecule has 1 aromatic rings. The number of benzene rings is 1. The summed E-state index contributed by atoms with van der Waals surface area (Å²) in [4.78, 5) is 23.6. The summed E-state index contributed by atoms with van der Waals surface area (Å²) in [5, 5.41) is 10.8. The summed E-state index contributed by atoms with van der Waals surface area (Å²) in [6, 6.07) is 4.71. The molecular formula is C15H25ClN4O5S. The van der Waals surface area contributed by atoms with Crippen molar-refractivity contribution in [1.29, 1.82) is 0 Å². The van der Waals surface area contributed by atoms with E-state index in [-0.39, 0.29) is 34.9 Å². The van der Waals surface area contributed by atoms with Gasteiger partial charge in [-0.25, -0.2) is 8.42 Å². The zero-order valence-electron chi connectivity index (χ0n) is 15.2. The number of carbonyl (C=O) groups excluding carboxylic acids is 1. The number of nitrogens with zero attached hydrogens (tertiary/aromatic N) is 3. The normalized spacial score (nSPS) is 11.8. The molecule has 2 N–H and O–H groups in total. The van der Waals surface area contributed by atoms with Crippen LogP contribution in [0.5, 0.6) is 0 Å². The number of nitro groups is 1. The van der Waals surface area contributed by atoms with Gasteiger partial charge in [0.15, 0.2) is 0 Å². The third-order valence-corrected chi connectivity index (χ3v) is 5.54. The molecular weight excluding hydrogens is 384 g/mol. The summed E-state index contributed by atoms with van der Waals surface area (Å²) < 4.78 is 25.9. The van der Waals surface area contributed by atoms with Crippen molar-refractivity contribution >= 4 is 34.0 Å². The van der Waals surface area contributed by atoms with Crippen molar-refractivity contribution in [2.45, 2.75) is 18.7 Å². The number of non-ortho nitro benzene ring substituents is 1. The quantitative estimate of drug-likeness (QED) is 0.506. The number of carbonyl (C=O) groups is 1. The second-order valence-electron chi connectivity index (χ2n) is 6.63. The van der Waals surface area contributed by atoms with Gasteiger partial charge in [-0.05, 0) is 18.0 Å². The first-order chi connectivity index (χ1) is 11.4. The van der Waals surface area contributed by atoms with E-state index in [1.165, 1.54) is 30.1 Å². The Morgan fingerprint density at radius 2 is 1.88 bits per heavy atom. The van der Waals surface area contributed by atoms with Crippen LogP contribution in [-0.4, -0.2) is 62.2 Å². The maximum atomic E-state index is 12.5. The van der Waals surface area contributed by atoms with E-state index >= 15 is 0 Å². The fourth-order valence-electron chi connectivity index (χ4n) is 2.13. The van der Waals surface area contributed by atoms with Crippen molar-refractivity contribution in [3.05, 3.63) is 34.4 Å². The smallest absolute Gasteiger partial charge is 0.270 e. The van der Waals surface area contributed by atoms with Crippen molar-refractivity contribution in [2.75, 3.05) is 33.7 Å². The summed E-state index contributed by atoms with van der Waals surface area (Å²) in [7, 11) is -1.18. The molecule has 148 valence electrons. The van der Waals surface area contributed by atoms with E-state index in [0.29, 0.717) is 13.1 Å². The molecule has 9 nitrogen and oxygen atoms in total. The molecule has 11 heteroatoms. The number of nitro benzene ring substituents is 1. The Bertz CT molecular complexity index is 754. The van der Waals surface area contributed by atoms with Crippen LogP contribution in [0, 0.1) is 15.5 Å². The lowest BCUT2D eigenvalue weighted by Gasteiger charge is -2.30. The van der Waals surface area contributed by atoms with E-state index in [2.05, 4.69) is 0 Å². The zero-order chi connectivity index (χ0) is 19.4. The first-order valence-corrected chi connectivity index (χ1v) is 8.99. The van der Waals surface area contributed by atoms with Gasteiger partial charge in [-0.3, -0.25) is 14.9 Å². The highest BCUT2D eigenvalue weighted by Crippen LogP contribution is 2.20. The number of nitrogens with two attached hydrogens (primary N) is 1. The predicted molar refractivity (Wildman–Crippen MR) is 101 cm³/mol. The van der Waals surface area contributed by atoms with Gasteiger partial charge in [0.2, 0.25) is 15.9 Å². The molecule has 0 saturated heterocycles. The van der Waals surface area contributed by atoms with Crippen LogP contribution in [-0.2, 0) is 14.8 Å². The number of halogens is 1. The first kappa shape index (κ1) is 24.2. The molecule has 0 spiro atoms. The maximum absolute atomic E-state index is 12.5. The van der Waals surface area contributed by atoms with Crippen molar-refractivity contribution in [3.63, 3.8) is 0 Å². The lowest BCUT2D eigenvalue weighted by Crippen LogP contribution is -2.44. The third-order valence-electron chi connectivity index (χ3n) is 3.74. The Hall–Kier alpha value is -1.75. The SMILES string of the molecule is CN(CC(C)(C)CN)C(=O)CN(C)S(=O)(=O)c1cccc([N+](=O)[O-])c1.Cl. The van der Waals surface area contributed by atoms with Gasteiger partial charge >= 0.3 is 0 Å². The van der Waals surface area contributed by atoms with Crippen LogP contribution in [0.1, 0.15) is 13.8 Å². The van der Waals surface area contributed by atoms with E-state index in [9.17, 15) is 23.3 Å². The van der Waals surface area contributed by atoms with E-state index in [0.717, 1.165) is 10.4 Å². The van der Waals surface area contributed by atoms with Crippen LogP contribution in [0.4, 0.5) is 5.69 Å². The van der Waals surface area contributed by atoms with Gasteiger partial charge in [0, 0.05) is 32.8 Å². The van der Waals surface area contributed by atoms with E-state index < -0.39 is 20.9 Å². The molecule has 0 aliphatic heterocycles. The summed E-state index contributed by atoms with van der Waals surface area (Å²) >= 11 is 0. The largest absolute Gasteiger partial charge is 0.344 e. The summed E-state index contributed by atoms with van der Waals surface area (Å²) in [5.74, 6) is -0.391. The van der Waals surface area contributed by atoms with Crippen molar-refractivity contribution in [3.8, 4) is 0 Å². The van der Waals surface area contributed by atoms with Gasteiger partial charge in [-0.15, -0.1) is 12.4 Å². The molecule has 0 atom stereocenters. The molecule has 0 bridgehead atoms. The molecule has 0 aliphatic carbocycles. The third kappa shape index (κ3) is 6.20. The van der Waals surface area contributed by atoms with Crippen molar-refractivity contribution in [2.24, 2.45) is 11.1 Å². The standard InChI is InChI=1S/C15H24N4O5S.ClH/c1-15(2,10-16)11-17(3)14(20)9-18(4)25(23,24)13-7-5-6-12(8-13)19(21)22;/h5-8H,9-11,16H2,1-4H3;1H. The molecule has 1 aromatic carbocycles. The van der Waals surface area contributed by atoms with Crippen LogP contribution >= 0.6 is 12.4 Å². The average Bonchev–Trinajstić information content (AvgIpc) is 2.54. The van der Waals surface area contributed by atoms with Gasteiger partial charge < -0.3 is 10.6 Å². The molecule has 1 rings (SSSR count). The highest BCUT2D eigenvalue weighted by Gasteiger charge is 2.27. The number of hydrogen-bond acceptors (Lipinski definition) is 6. The summed E-state index contributed by atoms with van der Waals surface area (Å²) in [5.41, 5.74) is 5.02. The minimum Gasteiger partial charge on any atom is -0.344 e. The number of amides is 1. The summed E-state index contributed by atoms with van der Waals surface area (Å²) in [6.45, 7) is 4.20. The lowest BCUT2D eigenvalue weighted by molar-refractivity contribution is -0.385. The summed E-state index contributed by atoms with van der Waals surface area (Å²) in [6.07, 6.45) is 0. The Morgan fingerprint density at radius 3 is 2.38 bits per heavy atom. The van der Waals surface area contributed by atoms with Crippen LogP contribution in [0.3, 0.4) is 0 Å². The van der Waals surface area contributed by atoms with E-state index in [4.69, 9.17) is 5.73 Å². The Kier molecular flexibility index (Phi) is 8.64. The molecule has 0 heterocycles. The molecule has 1 amide bonds. The van der Waals surface area contributed by atoms with Crippen LogP contribution < -0.4 is 5.73 Å². The molecule has 0 saturated carbocycles. The van der Waals surface area contributed by atoms with Crippen LogP contribution in [0.25, 0.3) is 0 Å². The average molecular weight is 409 g/mol. The predicted octanol–water partition coefficient (Wildman–Crippen LogP) is 1.08. The molecule has 0 fully saturated rings. The number of hydrogen-bond donors (Lipinski definition) is 1. The molecule has 26 heavy (non-hydrogen) atoms. The van der Waals surface area contributed by atoms with Gasteiger partial charge in [0.25, 0.3) is 5.69 Å². The monoisotopic (exact) mass is 408 g/mol. The van der Waals surface area contributed by atoms with Crippen molar-refractivity contribution < 1.29 is 18.1 Å². The Morgan fingerprint density at radius 1 is 1.31 bits per heavy atom. The highest BCUT2D eigenvalue weighted by molar-refractivity contribution is 7.89. The topological polar surface area (TPSA) is 127 Å². The molecule has 0 radical (unpaired) electrons. The number of sulfonamides is 1. The minimum atomic E-state index is -4.02. The Balaban J connectivity index is 0.00000625. The van der Waals surface area contributed by atoms with Crippen molar-refractivity contribution in [1.82, 2.24) is 9.21 Å².